The Bertz CT molecular complexity index is 1140. The smallest absolute Gasteiger partial charge is 0.262 e. The number of nitrogens with zero attached hydrogens (tertiary/aromatic N) is 1. The lowest BCUT2D eigenvalue weighted by atomic mass is 9.83. The monoisotopic (exact) mass is 395 g/mol. The average Bonchev–Trinajstić information content (AvgIpc) is 2.77. The topological polar surface area (TPSA) is 40.5 Å². The van der Waals surface area contributed by atoms with Crippen LogP contribution in [-0.2, 0) is 0 Å². The van der Waals surface area contributed by atoms with E-state index in [1.54, 1.807) is 4.90 Å². The molecule has 150 valence electrons. The number of anilines is 1. The van der Waals surface area contributed by atoms with E-state index in [1.807, 2.05) is 91.0 Å². The molecule has 30 heavy (non-hydrogen) atoms. The third kappa shape index (κ3) is 3.55. The summed E-state index contributed by atoms with van der Waals surface area (Å²) in [5.74, 6) is 0.124. The molecule has 1 aliphatic heterocycles. The second kappa shape index (κ2) is 7.68. The summed E-state index contributed by atoms with van der Waals surface area (Å²) in [6, 6.07) is 26.5. The van der Waals surface area contributed by atoms with Crippen molar-refractivity contribution >= 4 is 22.9 Å². The Balaban J connectivity index is 1.97. The quantitative estimate of drug-likeness (QED) is 0.490. The zero-order valence-electron chi connectivity index (χ0n) is 17.5. The highest BCUT2D eigenvalue weighted by Crippen LogP contribution is 2.44. The van der Waals surface area contributed by atoms with Gasteiger partial charge in [-0.25, -0.2) is 0 Å². The third-order valence-corrected chi connectivity index (χ3v) is 5.25. The number of allylic oxidation sites excluding steroid dienone is 3. The van der Waals surface area contributed by atoms with E-state index in [0.29, 0.717) is 5.56 Å². The zero-order valence-corrected chi connectivity index (χ0v) is 17.5. The number of carbonyl (C=O) groups excluding carboxylic acids is 1. The van der Waals surface area contributed by atoms with Crippen LogP contribution in [0.3, 0.4) is 0 Å². The van der Waals surface area contributed by atoms with Gasteiger partial charge in [-0.2, -0.15) is 0 Å². The minimum absolute atomic E-state index is 0.0810. The van der Waals surface area contributed by atoms with Gasteiger partial charge in [-0.3, -0.25) is 9.69 Å². The first kappa shape index (κ1) is 19.7. The molecule has 0 atom stereocenters. The molecule has 0 spiro atoms. The van der Waals surface area contributed by atoms with Crippen molar-refractivity contribution in [3.05, 3.63) is 113 Å². The molecule has 3 aromatic carbocycles. The van der Waals surface area contributed by atoms with Gasteiger partial charge >= 0.3 is 0 Å². The molecule has 3 aromatic rings. The van der Waals surface area contributed by atoms with Crippen LogP contribution in [0.15, 0.2) is 96.7 Å². The fourth-order valence-corrected chi connectivity index (χ4v) is 3.73. The zero-order chi connectivity index (χ0) is 21.3. The number of fused-ring (bicyclic) bond motifs is 1. The second-order valence-corrected chi connectivity index (χ2v) is 8.43. The Morgan fingerprint density at radius 1 is 0.767 bits per heavy atom. The highest BCUT2D eigenvalue weighted by molar-refractivity contribution is 6.13. The third-order valence-electron chi connectivity index (χ3n) is 5.25. The Hall–Kier alpha value is -3.59. The van der Waals surface area contributed by atoms with Crippen molar-refractivity contribution < 1.29 is 9.90 Å². The number of rotatable bonds is 2. The van der Waals surface area contributed by atoms with E-state index in [4.69, 9.17) is 0 Å². The molecule has 4 rings (SSSR count). The van der Waals surface area contributed by atoms with Crippen LogP contribution in [0.5, 0.6) is 0 Å². The van der Waals surface area contributed by atoms with Crippen molar-refractivity contribution in [3.63, 3.8) is 0 Å². The lowest BCUT2D eigenvalue weighted by molar-refractivity contribution is 0.0989. The van der Waals surface area contributed by atoms with Gasteiger partial charge in [0.1, 0.15) is 5.76 Å². The highest BCUT2D eigenvalue weighted by atomic mass is 16.3. The maximum atomic E-state index is 13.6. The number of benzene rings is 3. The Kier molecular flexibility index (Phi) is 5.04. The molecular formula is C27H25NO2. The SMILES string of the molecule is CC(C)(C)C1=C/C(=C(\O)c2ccccc2)c2ccccc2N1C(=O)c1ccccc1. The van der Waals surface area contributed by atoms with Crippen molar-refractivity contribution in [3.8, 4) is 0 Å². The molecule has 3 nitrogen and oxygen atoms in total. The van der Waals surface area contributed by atoms with Crippen LogP contribution in [0, 0.1) is 5.41 Å². The molecule has 1 amide bonds. The molecule has 1 aliphatic rings. The molecule has 3 heteroatoms. The van der Waals surface area contributed by atoms with E-state index in [2.05, 4.69) is 20.8 Å². The van der Waals surface area contributed by atoms with Crippen LogP contribution in [-0.4, -0.2) is 11.0 Å². The van der Waals surface area contributed by atoms with Crippen molar-refractivity contribution in [2.75, 3.05) is 4.90 Å². The average molecular weight is 396 g/mol. The number of hydrogen-bond acceptors (Lipinski definition) is 2. The predicted octanol–water partition coefficient (Wildman–Crippen LogP) is 6.70. The number of aliphatic hydroxyl groups excluding tert-OH is 1. The van der Waals surface area contributed by atoms with Crippen LogP contribution < -0.4 is 4.90 Å². The van der Waals surface area contributed by atoms with Crippen molar-refractivity contribution in [2.45, 2.75) is 20.8 Å². The summed E-state index contributed by atoms with van der Waals surface area (Å²) < 4.78 is 0. The fourth-order valence-electron chi connectivity index (χ4n) is 3.73. The lowest BCUT2D eigenvalue weighted by Gasteiger charge is -2.38. The highest BCUT2D eigenvalue weighted by Gasteiger charge is 2.35. The summed E-state index contributed by atoms with van der Waals surface area (Å²) in [6.07, 6.45) is 1.95. The number of aliphatic hydroxyl groups is 1. The van der Waals surface area contributed by atoms with E-state index < -0.39 is 0 Å². The van der Waals surface area contributed by atoms with Crippen LogP contribution in [0.1, 0.15) is 42.3 Å². The minimum atomic E-state index is -0.319. The van der Waals surface area contributed by atoms with Gasteiger partial charge in [-0.1, -0.05) is 87.5 Å². The van der Waals surface area contributed by atoms with Crippen molar-refractivity contribution in [1.29, 1.82) is 0 Å². The van der Waals surface area contributed by atoms with Gasteiger partial charge in [0.15, 0.2) is 0 Å². The molecule has 0 unspecified atom stereocenters. The Morgan fingerprint density at radius 2 is 1.30 bits per heavy atom. The van der Waals surface area contributed by atoms with Gasteiger partial charge in [-0.05, 0) is 24.3 Å². The summed E-state index contributed by atoms with van der Waals surface area (Å²) in [5.41, 5.74) is 4.22. The summed E-state index contributed by atoms with van der Waals surface area (Å²) in [5, 5.41) is 11.1. The van der Waals surface area contributed by atoms with Gasteiger partial charge in [0.25, 0.3) is 5.91 Å². The number of para-hydroxylation sites is 1. The summed E-state index contributed by atoms with van der Waals surface area (Å²) in [4.78, 5) is 15.4. The molecule has 0 aliphatic carbocycles. The van der Waals surface area contributed by atoms with Crippen LogP contribution >= 0.6 is 0 Å². The van der Waals surface area contributed by atoms with Crippen LogP contribution in [0.4, 0.5) is 5.69 Å². The van der Waals surface area contributed by atoms with E-state index >= 15 is 0 Å². The lowest BCUT2D eigenvalue weighted by Crippen LogP contribution is -2.38. The minimum Gasteiger partial charge on any atom is -0.507 e. The Labute approximate surface area is 177 Å². The first-order valence-electron chi connectivity index (χ1n) is 10.1. The van der Waals surface area contributed by atoms with E-state index in [-0.39, 0.29) is 17.1 Å². The van der Waals surface area contributed by atoms with Crippen LogP contribution in [0.25, 0.3) is 11.3 Å². The maximum Gasteiger partial charge on any atom is 0.262 e. The molecule has 0 fully saturated rings. The molecule has 0 aromatic heterocycles. The normalized spacial score (nSPS) is 15.3. The maximum absolute atomic E-state index is 13.6. The molecular weight excluding hydrogens is 370 g/mol. The predicted molar refractivity (Wildman–Crippen MR) is 123 cm³/mol. The molecule has 1 heterocycles. The summed E-state index contributed by atoms with van der Waals surface area (Å²) >= 11 is 0. The number of amides is 1. The van der Waals surface area contributed by atoms with E-state index in [1.165, 1.54) is 0 Å². The van der Waals surface area contributed by atoms with Gasteiger partial charge in [0, 0.05) is 33.4 Å². The molecule has 0 bridgehead atoms. The van der Waals surface area contributed by atoms with Gasteiger partial charge in [0.05, 0.1) is 5.69 Å². The Morgan fingerprint density at radius 3 is 1.90 bits per heavy atom. The number of hydrogen-bond donors (Lipinski definition) is 1. The molecule has 1 N–H and O–H groups in total. The van der Waals surface area contributed by atoms with Gasteiger partial charge in [0.2, 0.25) is 0 Å². The van der Waals surface area contributed by atoms with Crippen LogP contribution in [0.2, 0.25) is 0 Å². The summed E-state index contributed by atoms with van der Waals surface area (Å²) in [7, 11) is 0. The second-order valence-electron chi connectivity index (χ2n) is 8.43. The van der Waals surface area contributed by atoms with E-state index in [9.17, 15) is 9.90 Å². The van der Waals surface area contributed by atoms with Gasteiger partial charge < -0.3 is 5.11 Å². The first-order chi connectivity index (χ1) is 14.4. The fraction of sp³-hybridized carbons (Fsp3) is 0.148. The number of carbonyl (C=O) groups is 1. The largest absolute Gasteiger partial charge is 0.507 e. The first-order valence-corrected chi connectivity index (χ1v) is 10.1. The van der Waals surface area contributed by atoms with Crippen molar-refractivity contribution in [2.24, 2.45) is 5.41 Å². The van der Waals surface area contributed by atoms with Crippen molar-refractivity contribution in [1.82, 2.24) is 0 Å². The molecule has 0 radical (unpaired) electrons. The summed E-state index contributed by atoms with van der Waals surface area (Å²) in [6.45, 7) is 6.24. The molecule has 0 saturated heterocycles. The van der Waals surface area contributed by atoms with E-state index in [0.717, 1.165) is 28.1 Å². The van der Waals surface area contributed by atoms with Gasteiger partial charge in [-0.15, -0.1) is 0 Å². The standard InChI is InChI=1S/C27H25NO2/c1-27(2,3)24-18-22(25(29)19-12-6-4-7-13-19)21-16-10-11-17-23(21)28(24)26(30)20-14-8-5-9-15-20/h4-18,29H,1-3H3/b25-22+. The molecule has 0 saturated carbocycles.